The molecule has 272 valence electrons. The van der Waals surface area contributed by atoms with Gasteiger partial charge in [0, 0.05) is 46.0 Å². The van der Waals surface area contributed by atoms with Crippen LogP contribution in [0.25, 0.3) is 22.7 Å². The number of para-hydroxylation sites is 3. The van der Waals surface area contributed by atoms with E-state index in [0.717, 1.165) is 35.0 Å². The molecule has 6 aromatic rings. The van der Waals surface area contributed by atoms with Gasteiger partial charge in [0.15, 0.2) is 16.3 Å². The monoisotopic (exact) mass is 738 g/mol. The quantitative estimate of drug-likeness (QED) is 0.172. The number of thiazole rings is 1. The average molecular weight is 739 g/mol. The maximum absolute atomic E-state index is 14.7. The number of hydrogen-bond acceptors (Lipinski definition) is 8. The van der Waals surface area contributed by atoms with Gasteiger partial charge in [-0.25, -0.2) is 9.79 Å². The fourth-order valence-electron chi connectivity index (χ4n) is 7.55. The highest BCUT2D eigenvalue weighted by atomic mass is 32.1. The summed E-state index contributed by atoms with van der Waals surface area (Å²) in [7, 11) is 3.07. The van der Waals surface area contributed by atoms with Crippen molar-refractivity contribution < 1.29 is 23.8 Å². The number of carbonyl (C=O) groups excluding carboxylic acids is 2. The largest absolute Gasteiger partial charge is 0.493 e. The van der Waals surface area contributed by atoms with Gasteiger partial charge in [-0.1, -0.05) is 90.2 Å². The Morgan fingerprint density at radius 1 is 0.926 bits per heavy atom. The van der Waals surface area contributed by atoms with Crippen molar-refractivity contribution in [3.8, 4) is 11.5 Å². The van der Waals surface area contributed by atoms with E-state index in [0.29, 0.717) is 44.2 Å². The third-order valence-electron chi connectivity index (χ3n) is 9.92. The van der Waals surface area contributed by atoms with Crippen molar-refractivity contribution in [1.82, 2.24) is 9.13 Å². The van der Waals surface area contributed by atoms with Gasteiger partial charge in [-0.15, -0.1) is 0 Å². The van der Waals surface area contributed by atoms with Crippen molar-refractivity contribution in [2.75, 3.05) is 32.3 Å². The Labute approximate surface area is 315 Å². The van der Waals surface area contributed by atoms with Crippen LogP contribution in [-0.4, -0.2) is 48.4 Å². The molecule has 2 aromatic heterocycles. The first-order chi connectivity index (χ1) is 26.4. The number of esters is 1. The third-order valence-corrected chi connectivity index (χ3v) is 10.9. The SMILES string of the molecule is CCOC(=O)C1=C(c2ccccc2)N=c2sc(=Cc3cn(CC(=O)N4CCCc5ccccc54)c4ccccc34)c(=O)n2C1c1cccc(OC)c1OC. The molecule has 0 spiro atoms. The number of rotatable bonds is 9. The van der Waals surface area contributed by atoms with Crippen molar-refractivity contribution in [1.29, 1.82) is 0 Å². The predicted molar refractivity (Wildman–Crippen MR) is 210 cm³/mol. The first kappa shape index (κ1) is 34.9. The molecule has 2 aliphatic heterocycles. The molecule has 54 heavy (non-hydrogen) atoms. The van der Waals surface area contributed by atoms with Crippen molar-refractivity contribution in [2.45, 2.75) is 32.4 Å². The minimum Gasteiger partial charge on any atom is -0.493 e. The van der Waals surface area contributed by atoms with Gasteiger partial charge in [0.1, 0.15) is 12.6 Å². The number of methoxy groups -OCH3 is 2. The van der Waals surface area contributed by atoms with Crippen LogP contribution in [0.4, 0.5) is 5.69 Å². The summed E-state index contributed by atoms with van der Waals surface area (Å²) in [4.78, 5) is 49.9. The molecule has 2 aliphatic rings. The van der Waals surface area contributed by atoms with Gasteiger partial charge in [-0.2, -0.15) is 0 Å². The van der Waals surface area contributed by atoms with Crippen molar-refractivity contribution >= 4 is 51.6 Å². The second kappa shape index (κ2) is 14.7. The summed E-state index contributed by atoms with van der Waals surface area (Å²) in [6, 6.07) is 29.8. The molecule has 0 saturated carbocycles. The van der Waals surface area contributed by atoms with Gasteiger partial charge < -0.3 is 23.7 Å². The summed E-state index contributed by atoms with van der Waals surface area (Å²) in [5, 5.41) is 0.901. The van der Waals surface area contributed by atoms with E-state index in [2.05, 4.69) is 6.07 Å². The number of hydrogen-bond donors (Lipinski definition) is 0. The van der Waals surface area contributed by atoms with Crippen LogP contribution >= 0.6 is 11.3 Å². The average Bonchev–Trinajstić information content (AvgIpc) is 3.72. The molecule has 0 N–H and O–H groups in total. The summed E-state index contributed by atoms with van der Waals surface area (Å²) < 4.78 is 21.1. The molecule has 1 atom stereocenters. The van der Waals surface area contributed by atoms with Crippen molar-refractivity contribution in [3.63, 3.8) is 0 Å². The Morgan fingerprint density at radius 3 is 2.50 bits per heavy atom. The van der Waals surface area contributed by atoms with Crippen LogP contribution in [0.2, 0.25) is 0 Å². The van der Waals surface area contributed by atoms with E-state index >= 15 is 0 Å². The van der Waals surface area contributed by atoms with Gasteiger partial charge in [0.2, 0.25) is 5.91 Å². The molecular weight excluding hydrogens is 701 g/mol. The van der Waals surface area contributed by atoms with Gasteiger partial charge in [-0.05, 0) is 49.6 Å². The van der Waals surface area contributed by atoms with E-state index in [4.69, 9.17) is 19.2 Å². The molecular formula is C43H38N4O6S. The zero-order chi connectivity index (χ0) is 37.3. The first-order valence-corrected chi connectivity index (χ1v) is 18.7. The molecule has 0 aliphatic carbocycles. The lowest BCUT2D eigenvalue weighted by Crippen LogP contribution is -2.40. The number of fused-ring (bicyclic) bond motifs is 3. The highest BCUT2D eigenvalue weighted by Gasteiger charge is 2.37. The van der Waals surface area contributed by atoms with E-state index in [-0.39, 0.29) is 30.2 Å². The number of carbonyl (C=O) groups is 2. The van der Waals surface area contributed by atoms with E-state index in [1.165, 1.54) is 24.0 Å². The van der Waals surface area contributed by atoms with Gasteiger partial charge in [0.25, 0.3) is 5.56 Å². The first-order valence-electron chi connectivity index (χ1n) is 17.9. The molecule has 10 nitrogen and oxygen atoms in total. The third kappa shape index (κ3) is 6.10. The Hall–Kier alpha value is -6.20. The van der Waals surface area contributed by atoms with Crippen LogP contribution in [0, 0.1) is 0 Å². The van der Waals surface area contributed by atoms with Crippen LogP contribution in [0.1, 0.15) is 41.6 Å². The van der Waals surface area contributed by atoms with Crippen molar-refractivity contribution in [3.05, 3.63) is 151 Å². The lowest BCUT2D eigenvalue weighted by Gasteiger charge is -2.29. The molecule has 8 rings (SSSR count). The van der Waals surface area contributed by atoms with E-state index in [1.807, 2.05) is 101 Å². The van der Waals surface area contributed by atoms with E-state index < -0.39 is 12.0 Å². The Kier molecular flexibility index (Phi) is 9.47. The maximum atomic E-state index is 14.7. The summed E-state index contributed by atoms with van der Waals surface area (Å²) in [6.07, 6.45) is 5.64. The second-order valence-corrected chi connectivity index (χ2v) is 14.0. The number of amides is 1. The highest BCUT2D eigenvalue weighted by molar-refractivity contribution is 7.07. The molecule has 1 unspecified atom stereocenters. The highest BCUT2D eigenvalue weighted by Crippen LogP contribution is 2.42. The van der Waals surface area contributed by atoms with Gasteiger partial charge >= 0.3 is 5.97 Å². The number of ether oxygens (including phenoxy) is 3. The molecule has 4 heterocycles. The lowest BCUT2D eigenvalue weighted by molar-refractivity contribution is -0.138. The number of benzene rings is 4. The van der Waals surface area contributed by atoms with Gasteiger partial charge in [0.05, 0.1) is 36.6 Å². The summed E-state index contributed by atoms with van der Waals surface area (Å²) in [6.45, 7) is 2.68. The molecule has 0 fully saturated rings. The summed E-state index contributed by atoms with van der Waals surface area (Å²) in [5.74, 6) is 0.253. The van der Waals surface area contributed by atoms with Crippen LogP contribution in [0.15, 0.2) is 119 Å². The summed E-state index contributed by atoms with van der Waals surface area (Å²) in [5.41, 5.74) is 5.34. The fraction of sp³-hybridized carbons (Fsp3) is 0.209. The molecule has 0 bridgehead atoms. The standard InChI is InChI=1S/C43H38N4O6S/c1-4-53-42(50)37-38(28-15-6-5-7-16-28)44-43-47(39(37)31-19-12-22-34(51-2)40(31)52-3)41(49)35(54-43)24-29-25-45(33-21-11-9-18-30(29)33)26-36(48)46-23-13-17-27-14-8-10-20-32(27)46/h5-12,14-16,18-22,24-25,39H,4,13,17,23,26H2,1-3H3. The maximum Gasteiger partial charge on any atom is 0.338 e. The molecule has 4 aromatic carbocycles. The molecule has 0 radical (unpaired) electrons. The fourth-order valence-corrected chi connectivity index (χ4v) is 8.54. The van der Waals surface area contributed by atoms with E-state index in [9.17, 15) is 14.4 Å². The molecule has 11 heteroatoms. The Bertz CT molecular complexity index is 2640. The topological polar surface area (TPSA) is 104 Å². The molecule has 0 saturated heterocycles. The van der Waals surface area contributed by atoms with Crippen LogP contribution in [0.3, 0.4) is 0 Å². The van der Waals surface area contributed by atoms with Crippen molar-refractivity contribution in [2.24, 2.45) is 4.99 Å². The van der Waals surface area contributed by atoms with Gasteiger partial charge in [-0.3, -0.25) is 14.2 Å². The number of nitrogens with zero attached hydrogens (tertiary/aromatic N) is 4. The minimum atomic E-state index is -0.950. The molecule has 1 amide bonds. The predicted octanol–water partition coefficient (Wildman–Crippen LogP) is 5.89. The number of aromatic nitrogens is 2. The lowest BCUT2D eigenvalue weighted by atomic mass is 9.92. The number of aryl methyl sites for hydroxylation is 1. The Balaban J connectivity index is 1.30. The summed E-state index contributed by atoms with van der Waals surface area (Å²) >= 11 is 1.24. The zero-order valence-electron chi connectivity index (χ0n) is 30.2. The minimum absolute atomic E-state index is 0.000925. The van der Waals surface area contributed by atoms with Crippen LogP contribution in [-0.2, 0) is 27.3 Å². The smallest absolute Gasteiger partial charge is 0.338 e. The zero-order valence-corrected chi connectivity index (χ0v) is 31.0. The number of anilines is 1. The normalized spacial score (nSPS) is 15.4. The van der Waals surface area contributed by atoms with Crippen LogP contribution < -0.4 is 29.3 Å². The second-order valence-electron chi connectivity index (χ2n) is 13.0. The van der Waals surface area contributed by atoms with E-state index in [1.54, 1.807) is 30.7 Å². The Morgan fingerprint density at radius 2 is 1.70 bits per heavy atom. The van der Waals surface area contributed by atoms with Crippen LogP contribution in [0.5, 0.6) is 11.5 Å².